The number of ketones is 1. The number of carbonyl (C=O) groups excluding carboxylic acids is 1. The smallest absolute Gasteiger partial charge is 0.152 e. The van der Waals surface area contributed by atoms with Gasteiger partial charge in [0.25, 0.3) is 0 Å². The molecule has 0 radical (unpaired) electrons. The summed E-state index contributed by atoms with van der Waals surface area (Å²) in [5, 5.41) is 8.20. The number of hydrogen-bond acceptors (Lipinski definition) is 2. The topological polar surface area (TPSA) is 40.9 Å². The van der Waals surface area contributed by atoms with Crippen molar-refractivity contribution in [2.75, 3.05) is 0 Å². The number of Topliss-reactive ketones (excluding diaryl/α,β-unsaturated/α-hetero) is 1. The highest BCUT2D eigenvalue weighted by Crippen LogP contribution is 2.27. The van der Waals surface area contributed by atoms with E-state index >= 15 is 0 Å². The second-order valence-corrected chi connectivity index (χ2v) is 2.22. The summed E-state index contributed by atoms with van der Waals surface area (Å²) in [6, 6.07) is 1.93. The molecule has 0 bridgehead atoms. The number of nitrogens with zero attached hydrogens (tertiary/aromatic N) is 1. The van der Waals surface area contributed by atoms with Crippen LogP contribution in [0.2, 0.25) is 0 Å². The number of nitriles is 1. The molecule has 1 rings (SSSR count). The molecule has 1 fully saturated rings. The minimum absolute atomic E-state index is 0.118. The van der Waals surface area contributed by atoms with Gasteiger partial charge in [-0.3, -0.25) is 4.79 Å². The fraction of sp³-hybridized carbons (Fsp3) is 0.667. The lowest BCUT2D eigenvalue weighted by Gasteiger charge is -2.24. The van der Waals surface area contributed by atoms with Crippen molar-refractivity contribution in [1.82, 2.24) is 0 Å². The van der Waals surface area contributed by atoms with Crippen molar-refractivity contribution in [3.8, 4) is 6.07 Å². The third kappa shape index (κ3) is 0.516. The maximum Gasteiger partial charge on any atom is 0.152 e. The van der Waals surface area contributed by atoms with E-state index in [1.165, 1.54) is 0 Å². The lowest BCUT2D eigenvalue weighted by atomic mass is 9.76. The van der Waals surface area contributed by atoms with Gasteiger partial charge in [-0.05, 0) is 6.42 Å². The van der Waals surface area contributed by atoms with Gasteiger partial charge in [0.1, 0.15) is 5.92 Å². The van der Waals surface area contributed by atoms with E-state index in [1.54, 1.807) is 0 Å². The maximum atomic E-state index is 10.6. The zero-order chi connectivity index (χ0) is 6.15. The first-order valence-corrected chi connectivity index (χ1v) is 2.69. The van der Waals surface area contributed by atoms with Gasteiger partial charge in [0, 0.05) is 5.92 Å². The monoisotopic (exact) mass is 109 g/mol. The van der Waals surface area contributed by atoms with Gasteiger partial charge in [0.15, 0.2) is 5.78 Å². The number of carbonyl (C=O) groups is 1. The van der Waals surface area contributed by atoms with E-state index in [-0.39, 0.29) is 17.6 Å². The van der Waals surface area contributed by atoms with Crippen molar-refractivity contribution in [3.63, 3.8) is 0 Å². The van der Waals surface area contributed by atoms with Crippen molar-refractivity contribution < 1.29 is 4.79 Å². The summed E-state index contributed by atoms with van der Waals surface area (Å²) < 4.78 is 0. The lowest BCUT2D eigenvalue weighted by Crippen LogP contribution is -2.33. The predicted molar refractivity (Wildman–Crippen MR) is 27.9 cm³/mol. The maximum absolute atomic E-state index is 10.6. The van der Waals surface area contributed by atoms with Crippen LogP contribution in [0.15, 0.2) is 0 Å². The highest BCUT2D eigenvalue weighted by molar-refractivity contribution is 5.90. The Balaban J connectivity index is 2.51. The van der Waals surface area contributed by atoms with Crippen LogP contribution in [-0.2, 0) is 4.79 Å². The van der Waals surface area contributed by atoms with E-state index in [1.807, 2.05) is 13.0 Å². The predicted octanol–water partition coefficient (Wildman–Crippen LogP) is 0.735. The molecule has 8 heavy (non-hydrogen) atoms. The first-order chi connectivity index (χ1) is 3.75. The van der Waals surface area contributed by atoms with Gasteiger partial charge in [-0.2, -0.15) is 5.26 Å². The quantitative estimate of drug-likeness (QED) is 0.460. The standard InChI is InChI=1S/C6H7NO/c1-4-2-5(3-7)6(4)8/h4-5H,2H2,1H3. The largest absolute Gasteiger partial charge is 0.298 e. The highest BCUT2D eigenvalue weighted by atomic mass is 16.1. The lowest BCUT2D eigenvalue weighted by molar-refractivity contribution is -0.132. The van der Waals surface area contributed by atoms with Gasteiger partial charge >= 0.3 is 0 Å². The minimum Gasteiger partial charge on any atom is -0.298 e. The molecule has 0 heterocycles. The summed E-state index contributed by atoms with van der Waals surface area (Å²) >= 11 is 0. The molecular formula is C6H7NO. The van der Waals surface area contributed by atoms with E-state index in [9.17, 15) is 4.79 Å². The number of hydrogen-bond donors (Lipinski definition) is 0. The molecule has 0 N–H and O–H groups in total. The van der Waals surface area contributed by atoms with Crippen molar-refractivity contribution in [2.45, 2.75) is 13.3 Å². The Bertz CT molecular complexity index is 156. The van der Waals surface area contributed by atoms with Gasteiger partial charge in [0.05, 0.1) is 6.07 Å². The second kappa shape index (κ2) is 1.59. The summed E-state index contributed by atoms with van der Waals surface area (Å²) in [5.41, 5.74) is 0. The van der Waals surface area contributed by atoms with Gasteiger partial charge in [-0.15, -0.1) is 0 Å². The Kier molecular flexibility index (Phi) is 1.05. The van der Waals surface area contributed by atoms with Gasteiger partial charge in [0.2, 0.25) is 0 Å². The Morgan fingerprint density at radius 1 is 1.88 bits per heavy atom. The zero-order valence-corrected chi connectivity index (χ0v) is 4.72. The van der Waals surface area contributed by atoms with Crippen LogP contribution in [0.1, 0.15) is 13.3 Å². The molecule has 2 nitrogen and oxygen atoms in total. The molecule has 1 aliphatic rings. The molecule has 0 aliphatic heterocycles. The van der Waals surface area contributed by atoms with Gasteiger partial charge < -0.3 is 0 Å². The summed E-state index contributed by atoms with van der Waals surface area (Å²) in [7, 11) is 0. The second-order valence-electron chi connectivity index (χ2n) is 2.22. The highest BCUT2D eigenvalue weighted by Gasteiger charge is 2.35. The average Bonchev–Trinajstić information content (AvgIpc) is 1.81. The first-order valence-electron chi connectivity index (χ1n) is 2.69. The van der Waals surface area contributed by atoms with Crippen LogP contribution in [0.3, 0.4) is 0 Å². The molecule has 0 aromatic heterocycles. The third-order valence-corrected chi connectivity index (χ3v) is 1.57. The minimum atomic E-state index is -0.273. The summed E-state index contributed by atoms with van der Waals surface area (Å²) in [6.07, 6.45) is 0.773. The normalized spacial score (nSPS) is 35.8. The molecule has 1 aliphatic carbocycles. The SMILES string of the molecule is CC1CC(C#N)C1=O. The molecular weight excluding hydrogens is 102 g/mol. The van der Waals surface area contributed by atoms with Crippen molar-refractivity contribution in [3.05, 3.63) is 0 Å². The summed E-state index contributed by atoms with van der Waals surface area (Å²) in [6.45, 7) is 1.86. The molecule has 0 amide bonds. The van der Waals surface area contributed by atoms with E-state index in [0.29, 0.717) is 0 Å². The van der Waals surface area contributed by atoms with Crippen LogP contribution in [0, 0.1) is 23.2 Å². The van der Waals surface area contributed by atoms with E-state index in [0.717, 1.165) is 6.42 Å². The van der Waals surface area contributed by atoms with E-state index in [4.69, 9.17) is 5.26 Å². The number of rotatable bonds is 0. The van der Waals surface area contributed by atoms with Crippen LogP contribution in [0.4, 0.5) is 0 Å². The van der Waals surface area contributed by atoms with Crippen molar-refractivity contribution in [1.29, 1.82) is 5.26 Å². The van der Waals surface area contributed by atoms with Gasteiger partial charge in [-0.25, -0.2) is 0 Å². The Morgan fingerprint density at radius 2 is 2.50 bits per heavy atom. The molecule has 42 valence electrons. The molecule has 2 heteroatoms. The van der Waals surface area contributed by atoms with Crippen LogP contribution >= 0.6 is 0 Å². The Labute approximate surface area is 48.1 Å². The molecule has 2 atom stereocenters. The van der Waals surface area contributed by atoms with Crippen molar-refractivity contribution in [2.24, 2.45) is 11.8 Å². The molecule has 1 saturated carbocycles. The van der Waals surface area contributed by atoms with Crippen LogP contribution in [0.25, 0.3) is 0 Å². The van der Waals surface area contributed by atoms with Crippen molar-refractivity contribution >= 4 is 5.78 Å². The van der Waals surface area contributed by atoms with Crippen LogP contribution in [0.5, 0.6) is 0 Å². The molecule has 0 aromatic rings. The Morgan fingerprint density at radius 3 is 2.62 bits per heavy atom. The first kappa shape index (κ1) is 5.30. The van der Waals surface area contributed by atoms with E-state index in [2.05, 4.69) is 0 Å². The van der Waals surface area contributed by atoms with Crippen LogP contribution in [-0.4, -0.2) is 5.78 Å². The molecule has 0 saturated heterocycles. The van der Waals surface area contributed by atoms with E-state index < -0.39 is 0 Å². The van der Waals surface area contributed by atoms with Crippen LogP contribution < -0.4 is 0 Å². The third-order valence-electron chi connectivity index (χ3n) is 1.57. The fourth-order valence-electron chi connectivity index (χ4n) is 0.885. The van der Waals surface area contributed by atoms with Gasteiger partial charge in [-0.1, -0.05) is 6.92 Å². The summed E-state index contributed by atoms with van der Waals surface area (Å²) in [5.74, 6) is -0.00264. The molecule has 0 aromatic carbocycles. The zero-order valence-electron chi connectivity index (χ0n) is 4.72. The summed E-state index contributed by atoms with van der Waals surface area (Å²) in [4.78, 5) is 10.6. The fourth-order valence-corrected chi connectivity index (χ4v) is 0.885. The molecule has 0 spiro atoms. The average molecular weight is 109 g/mol. The molecule has 2 unspecified atom stereocenters. The Hall–Kier alpha value is -0.840.